The van der Waals surface area contributed by atoms with Crippen molar-refractivity contribution in [1.29, 1.82) is 0 Å². The highest BCUT2D eigenvalue weighted by Gasteiger charge is 2.45. The molecule has 1 unspecified atom stereocenters. The second-order valence-electron chi connectivity index (χ2n) is 6.41. The number of nitrogens with zero attached hydrogens (tertiary/aromatic N) is 2. The summed E-state index contributed by atoms with van der Waals surface area (Å²) < 4.78 is 0. The van der Waals surface area contributed by atoms with E-state index >= 15 is 0 Å². The van der Waals surface area contributed by atoms with Gasteiger partial charge in [-0.05, 0) is 69.9 Å². The maximum atomic E-state index is 4.14. The summed E-state index contributed by atoms with van der Waals surface area (Å²) in [5.74, 6) is 0. The molecule has 1 saturated carbocycles. The molecule has 2 heterocycles. The summed E-state index contributed by atoms with van der Waals surface area (Å²) >= 11 is 0. The maximum Gasteiger partial charge on any atom is 0.0365 e. The van der Waals surface area contributed by atoms with Crippen LogP contribution in [0, 0.1) is 0 Å². The van der Waals surface area contributed by atoms with Crippen LogP contribution in [0.3, 0.4) is 0 Å². The van der Waals surface area contributed by atoms with Crippen LogP contribution in [0.2, 0.25) is 0 Å². The van der Waals surface area contributed by atoms with Crippen molar-refractivity contribution in [3.05, 3.63) is 30.1 Å². The van der Waals surface area contributed by atoms with Crippen molar-refractivity contribution in [3.8, 4) is 0 Å². The predicted molar refractivity (Wildman–Crippen MR) is 82.8 cm³/mol. The van der Waals surface area contributed by atoms with E-state index in [1.807, 2.05) is 12.4 Å². The molecule has 0 spiro atoms. The number of likely N-dealkylation sites (N-methyl/N-ethyl adjacent to an activating group) is 1. The highest BCUT2D eigenvalue weighted by Crippen LogP contribution is 2.40. The van der Waals surface area contributed by atoms with Gasteiger partial charge in [-0.1, -0.05) is 12.8 Å². The zero-order chi connectivity index (χ0) is 13.8. The molecule has 1 atom stereocenters. The Morgan fingerprint density at radius 3 is 2.40 bits per heavy atom. The summed E-state index contributed by atoms with van der Waals surface area (Å²) in [4.78, 5) is 6.93. The van der Waals surface area contributed by atoms with Crippen molar-refractivity contribution in [3.63, 3.8) is 0 Å². The molecule has 1 aliphatic heterocycles. The standard InChI is InChI=1S/C17H27N3/c1-18-16(14-15-6-10-19-11-7-15)17(8-2-3-9-17)20-12-4-5-13-20/h6-7,10-11,16,18H,2-5,8-9,12-14H2,1H3. The predicted octanol–water partition coefficient (Wildman–Crippen LogP) is 2.62. The van der Waals surface area contributed by atoms with Crippen molar-refractivity contribution >= 4 is 0 Å². The van der Waals surface area contributed by atoms with E-state index in [4.69, 9.17) is 0 Å². The largest absolute Gasteiger partial charge is 0.315 e. The summed E-state index contributed by atoms with van der Waals surface area (Å²) in [5.41, 5.74) is 1.80. The van der Waals surface area contributed by atoms with Crippen molar-refractivity contribution < 1.29 is 0 Å². The van der Waals surface area contributed by atoms with Crippen LogP contribution in [-0.2, 0) is 6.42 Å². The molecule has 2 aliphatic rings. The van der Waals surface area contributed by atoms with Crippen molar-refractivity contribution in [2.45, 2.75) is 56.5 Å². The van der Waals surface area contributed by atoms with Gasteiger partial charge in [-0.3, -0.25) is 9.88 Å². The second kappa shape index (κ2) is 6.23. The first-order chi connectivity index (χ1) is 9.85. The Hall–Kier alpha value is -0.930. The fraction of sp³-hybridized carbons (Fsp3) is 0.706. The number of hydrogen-bond acceptors (Lipinski definition) is 3. The molecular weight excluding hydrogens is 246 g/mol. The average molecular weight is 273 g/mol. The second-order valence-corrected chi connectivity index (χ2v) is 6.41. The molecule has 1 saturated heterocycles. The Morgan fingerprint density at radius 2 is 1.80 bits per heavy atom. The van der Waals surface area contributed by atoms with E-state index in [0.29, 0.717) is 11.6 Å². The highest BCUT2D eigenvalue weighted by atomic mass is 15.2. The Kier molecular flexibility index (Phi) is 4.37. The van der Waals surface area contributed by atoms with Gasteiger partial charge in [0.05, 0.1) is 0 Å². The molecule has 0 amide bonds. The fourth-order valence-electron chi connectivity index (χ4n) is 4.35. The number of rotatable bonds is 5. The minimum absolute atomic E-state index is 0.397. The summed E-state index contributed by atoms with van der Waals surface area (Å²) in [6.07, 6.45) is 13.2. The summed E-state index contributed by atoms with van der Waals surface area (Å²) in [6, 6.07) is 4.89. The Labute approximate surface area is 122 Å². The number of pyridine rings is 1. The third-order valence-electron chi connectivity index (χ3n) is 5.39. The first kappa shape index (κ1) is 14.0. The molecule has 3 nitrogen and oxygen atoms in total. The van der Waals surface area contributed by atoms with Crippen LogP contribution < -0.4 is 5.32 Å². The Morgan fingerprint density at radius 1 is 1.15 bits per heavy atom. The molecule has 0 radical (unpaired) electrons. The molecule has 1 aliphatic carbocycles. The number of likely N-dealkylation sites (tertiary alicyclic amines) is 1. The summed E-state index contributed by atoms with van der Waals surface area (Å²) in [6.45, 7) is 2.60. The molecule has 0 aromatic carbocycles. The smallest absolute Gasteiger partial charge is 0.0365 e. The minimum Gasteiger partial charge on any atom is -0.315 e. The van der Waals surface area contributed by atoms with Crippen molar-refractivity contribution in [2.75, 3.05) is 20.1 Å². The maximum absolute atomic E-state index is 4.14. The molecule has 1 aromatic rings. The SMILES string of the molecule is CNC(Cc1ccncc1)C1(N2CCCC2)CCCC1. The van der Waals surface area contributed by atoms with E-state index in [2.05, 4.69) is 34.4 Å². The lowest BCUT2D eigenvalue weighted by atomic mass is 9.83. The lowest BCUT2D eigenvalue weighted by Gasteiger charge is -2.45. The van der Waals surface area contributed by atoms with Gasteiger partial charge in [-0.25, -0.2) is 0 Å². The fourth-order valence-corrected chi connectivity index (χ4v) is 4.35. The van der Waals surface area contributed by atoms with E-state index in [1.165, 1.54) is 57.2 Å². The molecular formula is C17H27N3. The molecule has 1 aromatic heterocycles. The molecule has 20 heavy (non-hydrogen) atoms. The lowest BCUT2D eigenvalue weighted by molar-refractivity contribution is 0.0798. The minimum atomic E-state index is 0.397. The van der Waals surface area contributed by atoms with E-state index in [1.54, 1.807) is 0 Å². The van der Waals surface area contributed by atoms with Crippen LogP contribution in [-0.4, -0.2) is 41.6 Å². The van der Waals surface area contributed by atoms with Crippen LogP contribution >= 0.6 is 0 Å². The number of nitrogens with one attached hydrogen (secondary N) is 1. The van der Waals surface area contributed by atoms with Crippen LogP contribution in [0.4, 0.5) is 0 Å². The van der Waals surface area contributed by atoms with Crippen molar-refractivity contribution in [1.82, 2.24) is 15.2 Å². The summed E-state index contributed by atoms with van der Waals surface area (Å²) in [7, 11) is 2.14. The van der Waals surface area contributed by atoms with Crippen LogP contribution in [0.5, 0.6) is 0 Å². The van der Waals surface area contributed by atoms with Gasteiger partial charge in [0.2, 0.25) is 0 Å². The lowest BCUT2D eigenvalue weighted by Crippen LogP contribution is -2.59. The first-order valence-electron chi connectivity index (χ1n) is 8.16. The zero-order valence-corrected chi connectivity index (χ0v) is 12.6. The molecule has 110 valence electrons. The van der Waals surface area contributed by atoms with E-state index in [9.17, 15) is 0 Å². The van der Waals surface area contributed by atoms with Crippen LogP contribution in [0.25, 0.3) is 0 Å². The van der Waals surface area contributed by atoms with Gasteiger partial charge in [0, 0.05) is 24.0 Å². The normalized spacial score (nSPS) is 24.1. The molecule has 2 fully saturated rings. The number of aromatic nitrogens is 1. The highest BCUT2D eigenvalue weighted by molar-refractivity contribution is 5.15. The summed E-state index contributed by atoms with van der Waals surface area (Å²) in [5, 5.41) is 3.65. The van der Waals surface area contributed by atoms with Gasteiger partial charge >= 0.3 is 0 Å². The Bertz CT molecular complexity index is 406. The molecule has 3 rings (SSSR count). The van der Waals surface area contributed by atoms with E-state index in [-0.39, 0.29) is 0 Å². The van der Waals surface area contributed by atoms with Gasteiger partial charge in [-0.15, -0.1) is 0 Å². The van der Waals surface area contributed by atoms with Gasteiger partial charge in [0.25, 0.3) is 0 Å². The number of hydrogen-bond donors (Lipinski definition) is 1. The third-order valence-corrected chi connectivity index (χ3v) is 5.39. The van der Waals surface area contributed by atoms with Crippen molar-refractivity contribution in [2.24, 2.45) is 0 Å². The molecule has 3 heteroatoms. The Balaban J connectivity index is 1.80. The molecule has 1 N–H and O–H groups in total. The van der Waals surface area contributed by atoms with Crippen LogP contribution in [0.15, 0.2) is 24.5 Å². The topological polar surface area (TPSA) is 28.2 Å². The monoisotopic (exact) mass is 273 g/mol. The van der Waals surface area contributed by atoms with Gasteiger partial charge in [0.1, 0.15) is 0 Å². The third kappa shape index (κ3) is 2.61. The zero-order valence-electron chi connectivity index (χ0n) is 12.6. The van der Waals surface area contributed by atoms with E-state index in [0.717, 1.165) is 6.42 Å². The quantitative estimate of drug-likeness (QED) is 0.894. The first-order valence-corrected chi connectivity index (χ1v) is 8.16. The molecule has 0 bridgehead atoms. The average Bonchev–Trinajstić information content (AvgIpc) is 3.17. The van der Waals surface area contributed by atoms with Gasteiger partial charge < -0.3 is 5.32 Å². The van der Waals surface area contributed by atoms with E-state index < -0.39 is 0 Å². The van der Waals surface area contributed by atoms with Crippen LogP contribution in [0.1, 0.15) is 44.1 Å². The van der Waals surface area contributed by atoms with Gasteiger partial charge in [-0.2, -0.15) is 0 Å². The van der Waals surface area contributed by atoms with Gasteiger partial charge in [0.15, 0.2) is 0 Å².